The number of halogens is 1. The lowest BCUT2D eigenvalue weighted by Crippen LogP contribution is -2.38. The van der Waals surface area contributed by atoms with E-state index in [1.165, 1.54) is 23.5 Å². The maximum absolute atomic E-state index is 13.1. The van der Waals surface area contributed by atoms with Gasteiger partial charge in [0, 0.05) is 10.9 Å². The molecule has 1 aromatic heterocycles. The first-order valence-corrected chi connectivity index (χ1v) is 10.9. The van der Waals surface area contributed by atoms with Crippen LogP contribution in [-0.2, 0) is 14.3 Å². The number of thiazole rings is 1. The molecule has 0 unspecified atom stereocenters. The van der Waals surface area contributed by atoms with Crippen LogP contribution in [0.25, 0.3) is 11.3 Å². The van der Waals surface area contributed by atoms with Crippen LogP contribution in [-0.4, -0.2) is 44.8 Å². The van der Waals surface area contributed by atoms with Crippen molar-refractivity contribution in [2.24, 2.45) is 5.92 Å². The summed E-state index contributed by atoms with van der Waals surface area (Å²) >= 11 is 2.12. The average Bonchev–Trinajstić information content (AvgIpc) is 3.35. The van der Waals surface area contributed by atoms with Gasteiger partial charge in [0.2, 0.25) is 0 Å². The fourth-order valence-electron chi connectivity index (χ4n) is 2.64. The second-order valence-corrected chi connectivity index (χ2v) is 9.05. The Bertz CT molecular complexity index is 935. The van der Waals surface area contributed by atoms with Gasteiger partial charge in [-0.3, -0.25) is 14.9 Å². The summed E-state index contributed by atoms with van der Waals surface area (Å²) in [4.78, 5) is 39.7. The van der Waals surface area contributed by atoms with E-state index in [9.17, 15) is 18.8 Å². The molecule has 2 amide bonds. The molecule has 1 saturated heterocycles. The number of carboxylic acid groups (broad SMARTS) is 1. The van der Waals surface area contributed by atoms with Crippen LogP contribution in [0.5, 0.6) is 0 Å². The molecule has 2 aromatic rings. The van der Waals surface area contributed by atoms with Gasteiger partial charge in [-0.1, -0.05) is 13.8 Å². The number of carbonyl (C=O) groups is 3. The highest BCUT2D eigenvalue weighted by molar-refractivity contribution is 8.14. The highest BCUT2D eigenvalue weighted by atomic mass is 32.2. The fourth-order valence-corrected chi connectivity index (χ4v) is 4.48. The van der Waals surface area contributed by atoms with Crippen molar-refractivity contribution in [3.8, 4) is 11.3 Å². The number of amides is 2. The maximum atomic E-state index is 13.1. The fraction of sp³-hybridized carbons (Fsp3) is 0.368. The van der Waals surface area contributed by atoms with Gasteiger partial charge >= 0.3 is 5.97 Å². The summed E-state index contributed by atoms with van der Waals surface area (Å²) in [7, 11) is 0. The number of benzene rings is 1. The minimum Gasteiger partial charge on any atom is -0.479 e. The van der Waals surface area contributed by atoms with Gasteiger partial charge in [0.05, 0.1) is 11.1 Å². The van der Waals surface area contributed by atoms with Crippen LogP contribution in [0.1, 0.15) is 20.3 Å². The normalized spacial score (nSPS) is 18.7. The van der Waals surface area contributed by atoms with Gasteiger partial charge in [-0.05, 0) is 48.4 Å². The summed E-state index contributed by atoms with van der Waals surface area (Å²) in [5.74, 6) is -1.90. The summed E-state index contributed by atoms with van der Waals surface area (Å²) in [5.41, 5.74) is 1.33. The van der Waals surface area contributed by atoms with E-state index >= 15 is 0 Å². The number of hydrogen-bond donors (Lipinski definition) is 3. The lowest BCUT2D eigenvalue weighted by Gasteiger charge is -2.18. The van der Waals surface area contributed by atoms with Crippen molar-refractivity contribution < 1.29 is 28.6 Å². The number of nitrogens with one attached hydrogen (secondary N) is 2. The number of aliphatic carboxylic acids is 1. The first-order chi connectivity index (χ1) is 14.2. The molecule has 30 heavy (non-hydrogen) atoms. The smallest absolute Gasteiger partial charge is 0.336 e. The molecule has 0 bridgehead atoms. The quantitative estimate of drug-likeness (QED) is 0.413. The Morgan fingerprint density at radius 2 is 1.97 bits per heavy atom. The predicted octanol–water partition coefficient (Wildman–Crippen LogP) is 3.55. The molecule has 3 rings (SSSR count). The Hall–Kier alpha value is -2.50. The minimum atomic E-state index is -1.19. The molecular formula is C19H20FN3O5S2. The average molecular weight is 454 g/mol. The van der Waals surface area contributed by atoms with Gasteiger partial charge < -0.3 is 15.2 Å². The van der Waals surface area contributed by atoms with Crippen molar-refractivity contribution in [1.29, 1.82) is 0 Å². The van der Waals surface area contributed by atoms with Gasteiger partial charge in [-0.15, -0.1) is 11.3 Å². The number of nitrogens with zero attached hydrogens (tertiary/aromatic N) is 1. The van der Waals surface area contributed by atoms with E-state index in [-0.39, 0.29) is 11.7 Å². The van der Waals surface area contributed by atoms with Crippen LogP contribution in [0.4, 0.5) is 14.3 Å². The SMILES string of the molecule is CC(C)C[C@H](NC(=O)[C@@H]1O[C@H]1C(=O)O)SC(=O)Nc1nc(-c2ccc(F)cc2)cs1. The third-order valence-corrected chi connectivity index (χ3v) is 5.75. The first-order valence-electron chi connectivity index (χ1n) is 9.10. The van der Waals surface area contributed by atoms with Crippen molar-refractivity contribution in [3.05, 3.63) is 35.5 Å². The van der Waals surface area contributed by atoms with Crippen LogP contribution in [0, 0.1) is 11.7 Å². The van der Waals surface area contributed by atoms with Gasteiger partial charge in [0.15, 0.2) is 17.3 Å². The minimum absolute atomic E-state index is 0.191. The Labute approximate surface area is 180 Å². The largest absolute Gasteiger partial charge is 0.479 e. The number of carboxylic acids is 1. The third kappa shape index (κ3) is 6.00. The van der Waals surface area contributed by atoms with Crippen molar-refractivity contribution in [1.82, 2.24) is 10.3 Å². The lowest BCUT2D eigenvalue weighted by molar-refractivity contribution is -0.138. The molecule has 8 nitrogen and oxygen atoms in total. The molecule has 0 aliphatic carbocycles. The van der Waals surface area contributed by atoms with Crippen LogP contribution in [0.2, 0.25) is 0 Å². The number of carbonyl (C=O) groups excluding carboxylic acids is 2. The maximum Gasteiger partial charge on any atom is 0.336 e. The molecule has 2 heterocycles. The Balaban J connectivity index is 1.57. The zero-order valence-electron chi connectivity index (χ0n) is 16.1. The number of thioether (sulfide) groups is 1. The topological polar surface area (TPSA) is 121 Å². The summed E-state index contributed by atoms with van der Waals surface area (Å²) in [5, 5.41) is 15.4. The van der Waals surface area contributed by atoms with Gasteiger partial charge in [0.1, 0.15) is 5.82 Å². The number of hydrogen-bond acceptors (Lipinski definition) is 7. The molecule has 1 aromatic carbocycles. The van der Waals surface area contributed by atoms with Gasteiger partial charge in [-0.25, -0.2) is 14.2 Å². The standard InChI is InChI=1S/C19H20FN3O5S2/c1-9(2)7-13(22-16(24)14-15(28-14)17(25)26)30-19(27)23-18-21-12(8-29-18)10-3-5-11(20)6-4-10/h3-6,8-9,13-15H,7H2,1-2H3,(H,22,24)(H,25,26)(H,21,23,27)/t13-,14-,15-/m1/s1. The van der Waals surface area contributed by atoms with E-state index in [1.807, 2.05) is 13.8 Å². The first kappa shape index (κ1) is 22.2. The highest BCUT2D eigenvalue weighted by Crippen LogP contribution is 2.28. The molecule has 0 radical (unpaired) electrons. The summed E-state index contributed by atoms with van der Waals surface area (Å²) in [6.07, 6.45) is -1.66. The van der Waals surface area contributed by atoms with E-state index in [0.29, 0.717) is 17.2 Å². The number of aromatic nitrogens is 1. The molecule has 0 saturated carbocycles. The van der Waals surface area contributed by atoms with Gasteiger partial charge in [0.25, 0.3) is 11.1 Å². The Morgan fingerprint density at radius 3 is 2.57 bits per heavy atom. The zero-order valence-corrected chi connectivity index (χ0v) is 17.8. The Morgan fingerprint density at radius 1 is 1.27 bits per heavy atom. The summed E-state index contributed by atoms with van der Waals surface area (Å²) in [6, 6.07) is 5.87. The molecule has 1 fully saturated rings. The van der Waals surface area contributed by atoms with E-state index in [2.05, 4.69) is 15.6 Å². The highest BCUT2D eigenvalue weighted by Gasteiger charge is 2.51. The van der Waals surface area contributed by atoms with Crippen molar-refractivity contribution in [2.45, 2.75) is 37.9 Å². The molecule has 1 aliphatic rings. The number of anilines is 1. The van der Waals surface area contributed by atoms with E-state index in [4.69, 9.17) is 9.84 Å². The molecule has 3 N–H and O–H groups in total. The summed E-state index contributed by atoms with van der Waals surface area (Å²) < 4.78 is 17.9. The second-order valence-electron chi connectivity index (χ2n) is 7.02. The number of rotatable bonds is 8. The van der Waals surface area contributed by atoms with E-state index in [1.54, 1.807) is 17.5 Å². The van der Waals surface area contributed by atoms with E-state index < -0.39 is 34.7 Å². The summed E-state index contributed by atoms with van der Waals surface area (Å²) in [6.45, 7) is 3.89. The van der Waals surface area contributed by atoms with Crippen LogP contribution in [0.15, 0.2) is 29.6 Å². The van der Waals surface area contributed by atoms with Gasteiger partial charge in [-0.2, -0.15) is 0 Å². The number of ether oxygens (including phenoxy) is 1. The van der Waals surface area contributed by atoms with Crippen molar-refractivity contribution >= 4 is 45.3 Å². The third-order valence-electron chi connectivity index (χ3n) is 4.08. The number of epoxide rings is 1. The molecule has 11 heteroatoms. The van der Waals surface area contributed by atoms with Crippen LogP contribution in [0.3, 0.4) is 0 Å². The van der Waals surface area contributed by atoms with Crippen LogP contribution >= 0.6 is 23.1 Å². The zero-order chi connectivity index (χ0) is 21.8. The molecule has 1 aliphatic heterocycles. The van der Waals surface area contributed by atoms with E-state index in [0.717, 1.165) is 17.3 Å². The van der Waals surface area contributed by atoms with Crippen molar-refractivity contribution in [3.63, 3.8) is 0 Å². The second kappa shape index (κ2) is 9.54. The molecular weight excluding hydrogens is 433 g/mol. The Kier molecular flexibility index (Phi) is 7.06. The monoisotopic (exact) mass is 453 g/mol. The lowest BCUT2D eigenvalue weighted by atomic mass is 10.1. The predicted molar refractivity (Wildman–Crippen MR) is 112 cm³/mol. The molecule has 0 spiro atoms. The van der Waals surface area contributed by atoms with Crippen molar-refractivity contribution in [2.75, 3.05) is 5.32 Å². The van der Waals surface area contributed by atoms with Crippen LogP contribution < -0.4 is 10.6 Å². The molecule has 3 atom stereocenters. The molecule has 160 valence electrons.